The zero-order valence-electron chi connectivity index (χ0n) is 21.5. The van der Waals surface area contributed by atoms with E-state index in [0.717, 1.165) is 11.3 Å². The normalized spacial score (nSPS) is 12.1. The molecule has 0 fully saturated rings. The van der Waals surface area contributed by atoms with Crippen LogP contribution in [0.4, 0.5) is 11.4 Å². The Balaban J connectivity index is 1.94. The number of nitrogens with zero attached hydrogens (tertiary/aromatic N) is 1. The highest BCUT2D eigenvalue weighted by Gasteiger charge is 2.26. The fraction of sp³-hybridized carbons (Fsp3) is 0.280. The molecule has 0 unspecified atom stereocenters. The summed E-state index contributed by atoms with van der Waals surface area (Å²) < 4.78 is 33.6. The molecule has 10 nitrogen and oxygen atoms in total. The van der Waals surface area contributed by atoms with Crippen LogP contribution in [-0.4, -0.2) is 49.6 Å². The Morgan fingerprint density at radius 3 is 2.29 bits per heavy atom. The Morgan fingerprint density at radius 2 is 1.68 bits per heavy atom. The molecule has 2 aromatic carbocycles. The lowest BCUT2D eigenvalue weighted by atomic mass is 10.2. The van der Waals surface area contributed by atoms with Gasteiger partial charge < -0.3 is 20.7 Å². The molecule has 0 aliphatic rings. The molecule has 1 amide bonds. The summed E-state index contributed by atoms with van der Waals surface area (Å²) in [7, 11) is -3.01. The molecule has 1 aromatic heterocycles. The molecule has 3 rings (SSSR count). The zero-order chi connectivity index (χ0) is 28.0. The van der Waals surface area contributed by atoms with Gasteiger partial charge >= 0.3 is 5.97 Å². The van der Waals surface area contributed by atoms with E-state index in [4.69, 9.17) is 12.2 Å². The van der Waals surface area contributed by atoms with Gasteiger partial charge in [-0.2, -0.15) is 4.72 Å². The van der Waals surface area contributed by atoms with Gasteiger partial charge in [0.25, 0.3) is 0 Å². The largest absolute Gasteiger partial charge is 0.468 e. The monoisotopic (exact) mass is 575 g/mol. The molecule has 0 aliphatic carbocycles. The quantitative estimate of drug-likeness (QED) is 0.220. The highest BCUT2D eigenvalue weighted by atomic mass is 32.2. The summed E-state index contributed by atoms with van der Waals surface area (Å²) >= 11 is 6.59. The molecular formula is C25H29N5O5S3. The molecule has 0 saturated carbocycles. The third kappa shape index (κ3) is 7.57. The van der Waals surface area contributed by atoms with Crippen molar-refractivity contribution in [3.63, 3.8) is 0 Å². The van der Waals surface area contributed by atoms with Crippen LogP contribution < -0.4 is 20.7 Å². The smallest absolute Gasteiger partial charge is 0.323 e. The van der Waals surface area contributed by atoms with Gasteiger partial charge in [0.2, 0.25) is 15.9 Å². The second kappa shape index (κ2) is 12.4. The Hall–Kier alpha value is -3.39. The lowest BCUT2D eigenvalue weighted by Gasteiger charge is -2.15. The van der Waals surface area contributed by atoms with E-state index in [9.17, 15) is 18.0 Å². The summed E-state index contributed by atoms with van der Waals surface area (Å²) in [5, 5.41) is 10.0. The van der Waals surface area contributed by atoms with Gasteiger partial charge in [-0.3, -0.25) is 9.59 Å². The van der Waals surface area contributed by atoms with E-state index in [-0.39, 0.29) is 16.8 Å². The molecule has 202 valence electrons. The minimum absolute atomic E-state index is 0.111. The van der Waals surface area contributed by atoms with Crippen LogP contribution in [0.15, 0.2) is 53.6 Å². The van der Waals surface area contributed by atoms with Crippen molar-refractivity contribution in [2.75, 3.05) is 17.7 Å². The highest BCUT2D eigenvalue weighted by Crippen LogP contribution is 2.37. The van der Waals surface area contributed by atoms with E-state index < -0.39 is 22.0 Å². The number of amides is 1. The molecule has 38 heavy (non-hydrogen) atoms. The number of anilines is 2. The van der Waals surface area contributed by atoms with Gasteiger partial charge in [-0.15, -0.1) is 11.3 Å². The number of aromatic nitrogens is 1. The van der Waals surface area contributed by atoms with E-state index in [1.807, 2.05) is 38.1 Å². The number of thiazole rings is 1. The van der Waals surface area contributed by atoms with Crippen LogP contribution >= 0.6 is 23.6 Å². The van der Waals surface area contributed by atoms with Crippen LogP contribution in [0.5, 0.6) is 0 Å². The van der Waals surface area contributed by atoms with Crippen molar-refractivity contribution in [2.24, 2.45) is 0 Å². The number of ether oxygens (including phenoxy) is 1. The van der Waals surface area contributed by atoms with Gasteiger partial charge in [-0.1, -0.05) is 6.07 Å². The second-order valence-corrected chi connectivity index (χ2v) is 11.7. The Morgan fingerprint density at radius 1 is 1.03 bits per heavy atom. The number of esters is 1. The maximum Gasteiger partial charge on any atom is 0.323 e. The zero-order valence-corrected chi connectivity index (χ0v) is 23.9. The predicted octanol–water partition coefficient (Wildman–Crippen LogP) is 3.97. The third-order valence-electron chi connectivity index (χ3n) is 5.06. The number of sulfonamides is 1. The summed E-state index contributed by atoms with van der Waals surface area (Å²) in [5.41, 5.74) is 2.32. The number of benzene rings is 2. The van der Waals surface area contributed by atoms with Crippen LogP contribution in [-0.2, 0) is 24.3 Å². The lowest BCUT2D eigenvalue weighted by molar-refractivity contribution is -0.142. The fourth-order valence-corrected chi connectivity index (χ4v) is 6.23. The molecule has 0 spiro atoms. The van der Waals surface area contributed by atoms with Crippen molar-refractivity contribution < 1.29 is 22.7 Å². The van der Waals surface area contributed by atoms with Crippen molar-refractivity contribution in [1.82, 2.24) is 15.0 Å². The minimum atomic E-state index is -4.18. The average molecular weight is 576 g/mol. The first-order valence-electron chi connectivity index (χ1n) is 11.6. The van der Waals surface area contributed by atoms with Gasteiger partial charge in [0.15, 0.2) is 5.11 Å². The van der Waals surface area contributed by atoms with Gasteiger partial charge in [0, 0.05) is 41.7 Å². The molecular weight excluding hydrogens is 547 g/mol. The van der Waals surface area contributed by atoms with Gasteiger partial charge in [0.1, 0.15) is 11.0 Å². The Kier molecular flexibility index (Phi) is 9.55. The number of thiocarbonyl (C=S) groups is 1. The lowest BCUT2D eigenvalue weighted by Crippen LogP contribution is -2.39. The van der Waals surface area contributed by atoms with E-state index >= 15 is 0 Å². The number of carbonyl (C=O) groups is 2. The van der Waals surface area contributed by atoms with Gasteiger partial charge in [-0.05, 0) is 69.4 Å². The number of hydrogen-bond donors (Lipinski definition) is 4. The number of rotatable bonds is 9. The average Bonchev–Trinajstić information content (AvgIpc) is 3.33. The van der Waals surface area contributed by atoms with Crippen molar-refractivity contribution in [3.8, 4) is 21.0 Å². The minimum Gasteiger partial charge on any atom is -0.468 e. The molecule has 0 radical (unpaired) electrons. The third-order valence-corrected chi connectivity index (χ3v) is 7.94. The standard InChI is InChI=1S/C25H29N5O5S3/c1-14(2)27-25(36)29-18-8-6-17(7-9-18)23-26-13-21(37-23)20-11-10-19(28-16(4)31)12-22(20)38(33,34)30-15(3)24(32)35-5/h6-15,30H,1-5H3,(H,28,31)(H2,27,29,36)/t15-/m0/s1. The van der Waals surface area contributed by atoms with Crippen LogP contribution in [0.1, 0.15) is 27.7 Å². The molecule has 1 heterocycles. The van der Waals surface area contributed by atoms with E-state index in [1.54, 1.807) is 18.3 Å². The first-order chi connectivity index (χ1) is 17.9. The van der Waals surface area contributed by atoms with Crippen molar-refractivity contribution >= 4 is 61.9 Å². The van der Waals surface area contributed by atoms with E-state index in [1.165, 1.54) is 38.4 Å². The van der Waals surface area contributed by atoms with Crippen molar-refractivity contribution in [3.05, 3.63) is 48.7 Å². The maximum absolute atomic E-state index is 13.3. The Bertz CT molecular complexity index is 1440. The molecule has 13 heteroatoms. The maximum atomic E-state index is 13.3. The molecule has 0 saturated heterocycles. The topological polar surface area (TPSA) is 139 Å². The Labute approximate surface area is 231 Å². The predicted molar refractivity (Wildman–Crippen MR) is 154 cm³/mol. The SMILES string of the molecule is COC(=O)[C@H](C)NS(=O)(=O)c1cc(NC(C)=O)ccc1-c1cnc(-c2ccc(NC(=S)NC(C)C)cc2)s1. The van der Waals surface area contributed by atoms with Crippen LogP contribution in [0.3, 0.4) is 0 Å². The summed E-state index contributed by atoms with van der Waals surface area (Å²) in [6.07, 6.45) is 1.59. The van der Waals surface area contributed by atoms with Crippen LogP contribution in [0.25, 0.3) is 21.0 Å². The van der Waals surface area contributed by atoms with Gasteiger partial charge in [0.05, 0.1) is 16.9 Å². The summed E-state index contributed by atoms with van der Waals surface area (Å²) in [5.74, 6) is -1.08. The second-order valence-electron chi connectivity index (χ2n) is 8.62. The fourth-order valence-electron chi connectivity index (χ4n) is 3.41. The molecule has 0 aliphatic heterocycles. The first-order valence-corrected chi connectivity index (χ1v) is 14.3. The molecule has 0 bridgehead atoms. The van der Waals surface area contributed by atoms with Crippen molar-refractivity contribution in [2.45, 2.75) is 44.7 Å². The summed E-state index contributed by atoms with van der Waals surface area (Å²) in [6.45, 7) is 6.70. The van der Waals surface area contributed by atoms with E-state index in [0.29, 0.717) is 26.2 Å². The highest BCUT2D eigenvalue weighted by molar-refractivity contribution is 7.89. The summed E-state index contributed by atoms with van der Waals surface area (Å²) in [4.78, 5) is 28.4. The van der Waals surface area contributed by atoms with Gasteiger partial charge in [-0.25, -0.2) is 13.4 Å². The molecule has 4 N–H and O–H groups in total. The summed E-state index contributed by atoms with van der Waals surface area (Å²) in [6, 6.07) is 11.2. The van der Waals surface area contributed by atoms with Crippen LogP contribution in [0, 0.1) is 0 Å². The van der Waals surface area contributed by atoms with Crippen LogP contribution in [0.2, 0.25) is 0 Å². The first kappa shape index (κ1) is 29.2. The molecule has 1 atom stereocenters. The number of hydrogen-bond acceptors (Lipinski definition) is 8. The molecule has 3 aromatic rings. The van der Waals surface area contributed by atoms with Crippen molar-refractivity contribution in [1.29, 1.82) is 0 Å². The van der Waals surface area contributed by atoms with E-state index in [2.05, 4.69) is 30.4 Å². The number of nitrogens with one attached hydrogen (secondary N) is 4. The number of carbonyl (C=O) groups excluding carboxylic acids is 2. The number of methoxy groups -OCH3 is 1.